The Morgan fingerprint density at radius 1 is 0.882 bits per heavy atom. The molecule has 96 valence electrons. The summed E-state index contributed by atoms with van der Waals surface area (Å²) >= 11 is 0. The summed E-state index contributed by atoms with van der Waals surface area (Å²) in [6, 6.07) is 0. The molecule has 0 aromatic heterocycles. The van der Waals surface area contributed by atoms with Crippen molar-refractivity contribution in [3.8, 4) is 0 Å². The van der Waals surface area contributed by atoms with Gasteiger partial charge in [0.25, 0.3) is 0 Å². The summed E-state index contributed by atoms with van der Waals surface area (Å²) in [6.07, 6.45) is 1.93. The molecule has 0 saturated carbocycles. The Hall–Kier alpha value is -0.630. The van der Waals surface area contributed by atoms with Crippen LogP contribution in [-0.2, 0) is 0 Å². The van der Waals surface area contributed by atoms with Gasteiger partial charge < -0.3 is 0 Å². The maximum absolute atomic E-state index is 13.8. The molecule has 0 radical (unpaired) electrons. The highest BCUT2D eigenvalue weighted by Crippen LogP contribution is 2.38. The Morgan fingerprint density at radius 3 is 1.94 bits per heavy atom. The Balaban J connectivity index is 3.41. The first-order valence-corrected chi connectivity index (χ1v) is 7.24. The van der Waals surface area contributed by atoms with Gasteiger partial charge in [-0.15, -0.1) is 0 Å². The van der Waals surface area contributed by atoms with Crippen molar-refractivity contribution in [2.75, 3.05) is 12.3 Å². The van der Waals surface area contributed by atoms with E-state index in [-0.39, 0.29) is 5.30 Å². The van der Waals surface area contributed by atoms with E-state index in [0.29, 0.717) is 12.3 Å². The van der Waals surface area contributed by atoms with Gasteiger partial charge in [0, 0.05) is 5.56 Å². The Labute approximate surface area is 99.8 Å². The molecule has 0 aliphatic carbocycles. The highest BCUT2D eigenvalue weighted by Gasteiger charge is 2.26. The van der Waals surface area contributed by atoms with E-state index in [1.165, 1.54) is 0 Å². The standard InChI is InChI=1S/C12H15F4P/c1-4-6-17(5-2)12-9(14)7(3)8(13)10(15)11(12)16/h4-6H2,1-3H3. The van der Waals surface area contributed by atoms with Crippen LogP contribution in [0, 0.1) is 30.2 Å². The van der Waals surface area contributed by atoms with Gasteiger partial charge in [-0.25, -0.2) is 17.6 Å². The van der Waals surface area contributed by atoms with Gasteiger partial charge in [0.2, 0.25) is 0 Å². The molecule has 1 aromatic carbocycles. The summed E-state index contributed by atoms with van der Waals surface area (Å²) in [5.41, 5.74) is -0.434. The molecule has 0 bridgehead atoms. The molecule has 0 amide bonds. The number of halogens is 4. The smallest absolute Gasteiger partial charge is 0.195 e. The van der Waals surface area contributed by atoms with Gasteiger partial charge >= 0.3 is 0 Å². The van der Waals surface area contributed by atoms with Crippen molar-refractivity contribution in [2.45, 2.75) is 27.2 Å². The van der Waals surface area contributed by atoms with Gasteiger partial charge in [-0.2, -0.15) is 0 Å². The third kappa shape index (κ3) is 2.62. The largest absolute Gasteiger partial charge is 0.206 e. The lowest BCUT2D eigenvalue weighted by Crippen LogP contribution is -2.20. The predicted octanol–water partition coefficient (Wildman–Crippen LogP) is 4.09. The van der Waals surface area contributed by atoms with E-state index in [0.717, 1.165) is 13.3 Å². The van der Waals surface area contributed by atoms with Gasteiger partial charge in [-0.3, -0.25) is 0 Å². The lowest BCUT2D eigenvalue weighted by Gasteiger charge is -2.18. The fourth-order valence-electron chi connectivity index (χ4n) is 1.71. The van der Waals surface area contributed by atoms with Crippen LogP contribution < -0.4 is 5.30 Å². The molecule has 1 rings (SSSR count). The first kappa shape index (κ1) is 14.4. The van der Waals surface area contributed by atoms with Crippen LogP contribution in [0.15, 0.2) is 0 Å². The van der Waals surface area contributed by atoms with E-state index in [2.05, 4.69) is 0 Å². The quantitative estimate of drug-likeness (QED) is 0.333. The second kappa shape index (κ2) is 5.81. The summed E-state index contributed by atoms with van der Waals surface area (Å²) in [7, 11) is -1.10. The van der Waals surface area contributed by atoms with E-state index < -0.39 is 36.8 Å². The average Bonchev–Trinajstić information content (AvgIpc) is 2.33. The first-order chi connectivity index (χ1) is 7.95. The summed E-state index contributed by atoms with van der Waals surface area (Å²) in [4.78, 5) is 0. The zero-order valence-electron chi connectivity index (χ0n) is 10.1. The number of hydrogen-bond donors (Lipinski definition) is 0. The minimum Gasteiger partial charge on any atom is -0.206 e. The second-order valence-corrected chi connectivity index (χ2v) is 6.42. The Kier molecular flexibility index (Phi) is 4.93. The topological polar surface area (TPSA) is 0 Å². The van der Waals surface area contributed by atoms with Crippen LogP contribution in [0.2, 0.25) is 0 Å². The lowest BCUT2D eigenvalue weighted by molar-refractivity contribution is 0.435. The van der Waals surface area contributed by atoms with Crippen LogP contribution in [0.3, 0.4) is 0 Å². The zero-order chi connectivity index (χ0) is 13.2. The fourth-order valence-corrected chi connectivity index (χ4v) is 3.93. The van der Waals surface area contributed by atoms with Gasteiger partial charge in [0.1, 0.15) is 5.82 Å². The van der Waals surface area contributed by atoms with Crippen LogP contribution in [0.4, 0.5) is 17.6 Å². The third-order valence-corrected chi connectivity index (χ3v) is 5.43. The number of rotatable bonds is 4. The molecule has 0 fully saturated rings. The molecule has 0 aliphatic heterocycles. The van der Waals surface area contributed by atoms with E-state index in [1.807, 2.05) is 6.92 Å². The summed E-state index contributed by atoms with van der Waals surface area (Å²) in [5.74, 6) is -5.27. The fraction of sp³-hybridized carbons (Fsp3) is 0.500. The molecule has 0 nitrogen and oxygen atoms in total. The van der Waals surface area contributed by atoms with Crippen molar-refractivity contribution < 1.29 is 17.6 Å². The van der Waals surface area contributed by atoms with Crippen molar-refractivity contribution in [3.63, 3.8) is 0 Å². The van der Waals surface area contributed by atoms with Gasteiger partial charge in [-0.05, 0) is 19.2 Å². The van der Waals surface area contributed by atoms with E-state index in [4.69, 9.17) is 0 Å². The molecule has 0 spiro atoms. The molecule has 0 aliphatic rings. The highest BCUT2D eigenvalue weighted by molar-refractivity contribution is 7.65. The van der Waals surface area contributed by atoms with Crippen molar-refractivity contribution >= 4 is 13.2 Å². The molecule has 1 aromatic rings. The molecule has 5 heteroatoms. The van der Waals surface area contributed by atoms with Crippen LogP contribution in [0.5, 0.6) is 0 Å². The minimum atomic E-state index is -1.56. The third-order valence-electron chi connectivity index (χ3n) is 2.65. The SMILES string of the molecule is CCCP(CC)c1c(F)c(C)c(F)c(F)c1F. The molecule has 1 atom stereocenters. The number of hydrogen-bond acceptors (Lipinski definition) is 0. The Morgan fingerprint density at radius 2 is 1.47 bits per heavy atom. The summed E-state index contributed by atoms with van der Waals surface area (Å²) in [6.45, 7) is 4.83. The lowest BCUT2D eigenvalue weighted by atomic mass is 10.2. The molecular formula is C12H15F4P. The van der Waals surface area contributed by atoms with Gasteiger partial charge in [0.15, 0.2) is 17.5 Å². The molecule has 1 unspecified atom stereocenters. The van der Waals surface area contributed by atoms with Crippen molar-refractivity contribution in [1.82, 2.24) is 0 Å². The predicted molar refractivity (Wildman–Crippen MR) is 63.3 cm³/mol. The second-order valence-electron chi connectivity index (χ2n) is 3.81. The summed E-state index contributed by atoms with van der Waals surface area (Å²) < 4.78 is 53.9. The molecule has 0 heterocycles. The normalized spacial score (nSPS) is 12.9. The maximum atomic E-state index is 13.8. The summed E-state index contributed by atoms with van der Waals surface area (Å²) in [5, 5.41) is -0.249. The van der Waals surface area contributed by atoms with Crippen molar-refractivity contribution in [2.24, 2.45) is 0 Å². The maximum Gasteiger partial charge on any atom is 0.195 e. The van der Waals surface area contributed by atoms with E-state index >= 15 is 0 Å². The first-order valence-electron chi connectivity index (χ1n) is 5.53. The van der Waals surface area contributed by atoms with Gasteiger partial charge in [-0.1, -0.05) is 28.2 Å². The van der Waals surface area contributed by atoms with E-state index in [9.17, 15) is 17.6 Å². The van der Waals surface area contributed by atoms with Crippen molar-refractivity contribution in [3.05, 3.63) is 28.8 Å². The van der Waals surface area contributed by atoms with Crippen LogP contribution in [-0.4, -0.2) is 12.3 Å². The minimum absolute atomic E-state index is 0.249. The molecular weight excluding hydrogens is 251 g/mol. The van der Waals surface area contributed by atoms with E-state index in [1.54, 1.807) is 6.92 Å². The van der Waals surface area contributed by atoms with Gasteiger partial charge in [0.05, 0.1) is 5.30 Å². The van der Waals surface area contributed by atoms with Crippen molar-refractivity contribution in [1.29, 1.82) is 0 Å². The molecule has 0 saturated heterocycles. The van der Waals surface area contributed by atoms with Crippen LogP contribution in [0.25, 0.3) is 0 Å². The Bertz CT molecular complexity index is 388. The van der Waals surface area contributed by atoms with Crippen LogP contribution >= 0.6 is 7.92 Å². The monoisotopic (exact) mass is 266 g/mol. The average molecular weight is 266 g/mol. The number of benzene rings is 1. The highest BCUT2D eigenvalue weighted by atomic mass is 31.1. The molecule has 0 N–H and O–H groups in total. The zero-order valence-corrected chi connectivity index (χ0v) is 11.0. The molecule has 17 heavy (non-hydrogen) atoms. The van der Waals surface area contributed by atoms with Crippen LogP contribution in [0.1, 0.15) is 25.8 Å².